The van der Waals surface area contributed by atoms with Gasteiger partial charge in [-0.05, 0) is 47.8 Å². The number of nitrogens with two attached hydrogens (primary N) is 1. The summed E-state index contributed by atoms with van der Waals surface area (Å²) in [5.74, 6) is 1.55. The molecule has 4 heterocycles. The van der Waals surface area contributed by atoms with Gasteiger partial charge in [0.25, 0.3) is 0 Å². The second-order valence-corrected chi connectivity index (χ2v) is 8.47. The Kier molecular flexibility index (Phi) is 5.43. The SMILES string of the molecule is Bc1cnc2[nH]c(-c3ccc(CN)cc3)nc2c1N1CCC(Cc2cccnc2)CC1. The Labute approximate surface area is 183 Å². The molecule has 4 aromatic rings. The Bertz CT molecular complexity index is 1160. The third kappa shape index (κ3) is 4.05. The van der Waals surface area contributed by atoms with Crippen molar-refractivity contribution in [3.05, 3.63) is 66.1 Å². The van der Waals surface area contributed by atoms with Crippen molar-refractivity contribution < 1.29 is 0 Å². The number of aromatic nitrogens is 4. The minimum absolute atomic E-state index is 0.544. The third-order valence-corrected chi connectivity index (χ3v) is 6.31. The zero-order chi connectivity index (χ0) is 21.2. The second-order valence-electron chi connectivity index (χ2n) is 8.47. The van der Waals surface area contributed by atoms with Crippen molar-refractivity contribution in [1.29, 1.82) is 0 Å². The van der Waals surface area contributed by atoms with E-state index in [1.807, 2.05) is 24.7 Å². The number of piperidine rings is 1. The molecule has 31 heavy (non-hydrogen) atoms. The Morgan fingerprint density at radius 3 is 2.58 bits per heavy atom. The van der Waals surface area contributed by atoms with Gasteiger partial charge in [-0.1, -0.05) is 30.3 Å². The maximum atomic E-state index is 5.73. The minimum atomic E-state index is 0.544. The van der Waals surface area contributed by atoms with Crippen LogP contribution in [0.25, 0.3) is 22.6 Å². The third-order valence-electron chi connectivity index (χ3n) is 6.31. The number of hydrogen-bond acceptors (Lipinski definition) is 5. The van der Waals surface area contributed by atoms with Gasteiger partial charge in [-0.15, -0.1) is 0 Å². The number of pyridine rings is 2. The predicted molar refractivity (Wildman–Crippen MR) is 128 cm³/mol. The van der Waals surface area contributed by atoms with E-state index in [1.165, 1.54) is 29.6 Å². The van der Waals surface area contributed by atoms with Crippen LogP contribution in [-0.4, -0.2) is 40.9 Å². The van der Waals surface area contributed by atoms with Crippen molar-refractivity contribution in [2.45, 2.75) is 25.8 Å². The standard InChI is InChI=1S/C24H27BN6/c25-20-15-28-24-21(29-23(30-24)19-5-3-17(13-26)4-6-19)22(20)31-10-7-16(8-11-31)12-18-2-1-9-27-14-18/h1-6,9,14-16H,7-8,10-13,25-26H2,(H,28,29,30). The molecule has 5 rings (SSSR count). The van der Waals surface area contributed by atoms with Gasteiger partial charge in [0.05, 0.1) is 5.69 Å². The van der Waals surface area contributed by atoms with Crippen molar-refractivity contribution in [1.82, 2.24) is 19.9 Å². The molecule has 156 valence electrons. The van der Waals surface area contributed by atoms with E-state index in [1.54, 1.807) is 0 Å². The van der Waals surface area contributed by atoms with Gasteiger partial charge in [0.15, 0.2) is 5.65 Å². The van der Waals surface area contributed by atoms with Gasteiger partial charge >= 0.3 is 0 Å². The van der Waals surface area contributed by atoms with Crippen molar-refractivity contribution in [3.8, 4) is 11.4 Å². The Hall–Kier alpha value is -3.19. The van der Waals surface area contributed by atoms with Crippen molar-refractivity contribution in [2.75, 3.05) is 18.0 Å². The van der Waals surface area contributed by atoms with E-state index < -0.39 is 0 Å². The zero-order valence-electron chi connectivity index (χ0n) is 17.9. The molecule has 0 saturated carbocycles. The molecule has 3 N–H and O–H groups in total. The van der Waals surface area contributed by atoms with E-state index >= 15 is 0 Å². The average Bonchev–Trinajstić information content (AvgIpc) is 3.25. The molecular formula is C24H27BN6. The normalized spacial score (nSPS) is 14.9. The van der Waals surface area contributed by atoms with E-state index in [0.717, 1.165) is 47.6 Å². The fraction of sp³-hybridized carbons (Fsp3) is 0.292. The number of nitrogens with zero attached hydrogens (tertiary/aromatic N) is 4. The average molecular weight is 410 g/mol. The maximum absolute atomic E-state index is 5.73. The molecule has 0 spiro atoms. The fourth-order valence-electron chi connectivity index (χ4n) is 4.58. The lowest BCUT2D eigenvalue weighted by molar-refractivity contribution is 0.404. The molecule has 1 fully saturated rings. The molecule has 6 nitrogen and oxygen atoms in total. The lowest BCUT2D eigenvalue weighted by Crippen LogP contribution is -2.37. The molecule has 1 aliphatic heterocycles. The number of rotatable bonds is 5. The number of benzene rings is 1. The van der Waals surface area contributed by atoms with Crippen LogP contribution in [0.1, 0.15) is 24.0 Å². The summed E-state index contributed by atoms with van der Waals surface area (Å²) in [5, 5.41) is 0. The fourth-order valence-corrected chi connectivity index (χ4v) is 4.58. The first-order valence-electron chi connectivity index (χ1n) is 11.0. The first-order valence-corrected chi connectivity index (χ1v) is 11.0. The topological polar surface area (TPSA) is 83.7 Å². The number of hydrogen-bond donors (Lipinski definition) is 2. The summed E-state index contributed by atoms with van der Waals surface area (Å²) < 4.78 is 0. The van der Waals surface area contributed by atoms with Gasteiger partial charge in [-0.25, -0.2) is 9.97 Å². The van der Waals surface area contributed by atoms with Crippen molar-refractivity contribution in [3.63, 3.8) is 0 Å². The van der Waals surface area contributed by atoms with E-state index in [9.17, 15) is 0 Å². The molecule has 1 aliphatic rings. The summed E-state index contributed by atoms with van der Waals surface area (Å²) in [6.07, 6.45) is 9.26. The highest BCUT2D eigenvalue weighted by atomic mass is 15.2. The molecule has 0 amide bonds. The molecule has 1 saturated heterocycles. The molecule has 3 aromatic heterocycles. The smallest absolute Gasteiger partial charge is 0.159 e. The minimum Gasteiger partial charge on any atom is -0.370 e. The summed E-state index contributed by atoms with van der Waals surface area (Å²) >= 11 is 0. The predicted octanol–water partition coefficient (Wildman–Crippen LogP) is 2.20. The molecule has 0 atom stereocenters. The summed E-state index contributed by atoms with van der Waals surface area (Å²) in [7, 11) is 2.13. The lowest BCUT2D eigenvalue weighted by atomic mass is 9.89. The molecule has 1 aromatic carbocycles. The van der Waals surface area contributed by atoms with Crippen LogP contribution >= 0.6 is 0 Å². The Morgan fingerprint density at radius 2 is 1.87 bits per heavy atom. The molecule has 0 aliphatic carbocycles. The molecule has 0 radical (unpaired) electrons. The van der Waals surface area contributed by atoms with Gasteiger partial charge in [0.1, 0.15) is 19.2 Å². The van der Waals surface area contributed by atoms with E-state index in [0.29, 0.717) is 12.5 Å². The van der Waals surface area contributed by atoms with Crippen LogP contribution < -0.4 is 16.1 Å². The number of nitrogens with one attached hydrogen (secondary N) is 1. The number of H-pyrrole nitrogens is 1. The zero-order valence-corrected chi connectivity index (χ0v) is 17.9. The van der Waals surface area contributed by atoms with Crippen LogP contribution in [0.15, 0.2) is 55.0 Å². The number of anilines is 1. The lowest BCUT2D eigenvalue weighted by Gasteiger charge is -2.34. The van der Waals surface area contributed by atoms with Crippen LogP contribution in [0.5, 0.6) is 0 Å². The van der Waals surface area contributed by atoms with Gasteiger partial charge < -0.3 is 15.6 Å². The van der Waals surface area contributed by atoms with Crippen LogP contribution in [0.4, 0.5) is 5.69 Å². The Balaban J connectivity index is 1.38. The summed E-state index contributed by atoms with van der Waals surface area (Å²) in [6, 6.07) is 12.4. The summed E-state index contributed by atoms with van der Waals surface area (Å²) in [4.78, 5) is 19.7. The molecule has 7 heteroatoms. The van der Waals surface area contributed by atoms with E-state index in [4.69, 9.17) is 10.7 Å². The summed E-state index contributed by atoms with van der Waals surface area (Å²) in [5.41, 5.74) is 13.4. The number of aromatic amines is 1. The van der Waals surface area contributed by atoms with Gasteiger partial charge in [-0.3, -0.25) is 4.98 Å². The summed E-state index contributed by atoms with van der Waals surface area (Å²) in [6.45, 7) is 2.62. The first kappa shape index (κ1) is 19.8. The highest BCUT2D eigenvalue weighted by Crippen LogP contribution is 2.30. The molecular weight excluding hydrogens is 383 g/mol. The Morgan fingerprint density at radius 1 is 1.06 bits per heavy atom. The highest BCUT2D eigenvalue weighted by Gasteiger charge is 2.24. The van der Waals surface area contributed by atoms with Crippen molar-refractivity contribution >= 4 is 30.2 Å². The van der Waals surface area contributed by atoms with Crippen LogP contribution in [0, 0.1) is 5.92 Å². The number of imidazole rings is 1. The number of fused-ring (bicyclic) bond motifs is 1. The first-order chi connectivity index (χ1) is 15.2. The van der Waals surface area contributed by atoms with Crippen molar-refractivity contribution in [2.24, 2.45) is 11.7 Å². The highest BCUT2D eigenvalue weighted by molar-refractivity contribution is 6.37. The van der Waals surface area contributed by atoms with Crippen LogP contribution in [0.3, 0.4) is 0 Å². The maximum Gasteiger partial charge on any atom is 0.159 e. The van der Waals surface area contributed by atoms with E-state index in [2.05, 4.69) is 58.0 Å². The molecule has 0 bridgehead atoms. The quantitative estimate of drug-likeness (QED) is 0.493. The monoisotopic (exact) mass is 410 g/mol. The largest absolute Gasteiger partial charge is 0.370 e. The van der Waals surface area contributed by atoms with Crippen LogP contribution in [0.2, 0.25) is 0 Å². The van der Waals surface area contributed by atoms with Gasteiger partial charge in [0, 0.05) is 43.8 Å². The molecule has 0 unspecified atom stereocenters. The van der Waals surface area contributed by atoms with Crippen LogP contribution in [-0.2, 0) is 13.0 Å². The second kappa shape index (κ2) is 8.51. The van der Waals surface area contributed by atoms with Gasteiger partial charge in [-0.2, -0.15) is 0 Å². The van der Waals surface area contributed by atoms with Gasteiger partial charge in [0.2, 0.25) is 0 Å². The van der Waals surface area contributed by atoms with E-state index in [-0.39, 0.29) is 0 Å².